The number of benzene rings is 1. The van der Waals surface area contributed by atoms with Crippen molar-refractivity contribution in [1.29, 1.82) is 0 Å². The largest absolute Gasteiger partial charge is 0.465 e. The summed E-state index contributed by atoms with van der Waals surface area (Å²) in [6.45, 7) is 0.677. The molecule has 1 aliphatic heterocycles. The summed E-state index contributed by atoms with van der Waals surface area (Å²) >= 11 is 0. The molecule has 0 aromatic heterocycles. The topological polar surface area (TPSA) is 66.8 Å². The third-order valence-electron chi connectivity index (χ3n) is 2.70. The van der Waals surface area contributed by atoms with Crippen molar-refractivity contribution < 1.29 is 19.4 Å². The minimum absolute atomic E-state index is 0.258. The molecule has 5 heteroatoms. The van der Waals surface area contributed by atoms with Crippen LogP contribution in [-0.4, -0.2) is 41.3 Å². The van der Waals surface area contributed by atoms with Gasteiger partial charge in [-0.1, -0.05) is 18.2 Å². The van der Waals surface area contributed by atoms with E-state index in [4.69, 9.17) is 9.84 Å². The van der Waals surface area contributed by atoms with Crippen LogP contribution < -0.4 is 0 Å². The Morgan fingerprint density at radius 2 is 2.00 bits per heavy atom. The van der Waals surface area contributed by atoms with Crippen LogP contribution in [0.1, 0.15) is 16.8 Å². The van der Waals surface area contributed by atoms with Gasteiger partial charge in [-0.3, -0.25) is 0 Å². The Kier molecular flexibility index (Phi) is 3.27. The molecular formula is C12H13NO4. The van der Waals surface area contributed by atoms with Crippen LogP contribution in [0.4, 0.5) is 4.79 Å². The maximum atomic E-state index is 11.7. The van der Waals surface area contributed by atoms with Crippen LogP contribution in [0.15, 0.2) is 30.3 Å². The number of rotatable bonds is 2. The monoisotopic (exact) mass is 235 g/mol. The number of likely N-dealkylation sites (tertiary alicyclic amines) is 1. The van der Waals surface area contributed by atoms with Gasteiger partial charge in [-0.05, 0) is 12.1 Å². The molecule has 17 heavy (non-hydrogen) atoms. The second kappa shape index (κ2) is 4.86. The first-order chi connectivity index (χ1) is 8.16. The van der Waals surface area contributed by atoms with Gasteiger partial charge in [-0.2, -0.15) is 0 Å². The Morgan fingerprint density at radius 1 is 1.29 bits per heavy atom. The zero-order chi connectivity index (χ0) is 12.3. The highest BCUT2D eigenvalue weighted by atomic mass is 16.5. The molecule has 0 bridgehead atoms. The molecule has 2 rings (SSSR count). The highest BCUT2D eigenvalue weighted by Crippen LogP contribution is 2.14. The van der Waals surface area contributed by atoms with Crippen molar-refractivity contribution in [2.75, 3.05) is 13.1 Å². The van der Waals surface area contributed by atoms with Crippen molar-refractivity contribution in [1.82, 2.24) is 4.90 Å². The molecule has 1 aromatic carbocycles. The number of hydrogen-bond acceptors (Lipinski definition) is 3. The zero-order valence-corrected chi connectivity index (χ0v) is 9.20. The maximum absolute atomic E-state index is 11.7. The van der Waals surface area contributed by atoms with E-state index >= 15 is 0 Å². The standard InChI is InChI=1S/C12H13NO4/c14-11(9-4-2-1-3-5-9)17-10-6-7-13(8-10)12(15)16/h1-5,10H,6-8H2,(H,15,16)/t10-/m0/s1. The van der Waals surface area contributed by atoms with Crippen molar-refractivity contribution in [3.63, 3.8) is 0 Å². The van der Waals surface area contributed by atoms with E-state index in [1.165, 1.54) is 4.90 Å². The third kappa shape index (κ3) is 2.75. The minimum Gasteiger partial charge on any atom is -0.465 e. The van der Waals surface area contributed by atoms with E-state index in [9.17, 15) is 9.59 Å². The highest BCUT2D eigenvalue weighted by Gasteiger charge is 2.28. The Hall–Kier alpha value is -2.04. The van der Waals surface area contributed by atoms with E-state index < -0.39 is 12.1 Å². The van der Waals surface area contributed by atoms with Gasteiger partial charge in [0.05, 0.1) is 12.1 Å². The molecule has 0 radical (unpaired) electrons. The smallest absolute Gasteiger partial charge is 0.407 e. The average molecular weight is 235 g/mol. The fourth-order valence-electron chi connectivity index (χ4n) is 1.79. The lowest BCUT2D eigenvalue weighted by Crippen LogP contribution is -2.29. The number of hydrogen-bond donors (Lipinski definition) is 1. The average Bonchev–Trinajstić information content (AvgIpc) is 2.79. The lowest BCUT2D eigenvalue weighted by molar-refractivity contribution is 0.0321. The van der Waals surface area contributed by atoms with Gasteiger partial charge in [-0.15, -0.1) is 0 Å². The number of nitrogens with zero attached hydrogens (tertiary/aromatic N) is 1. The predicted octanol–water partition coefficient (Wildman–Crippen LogP) is 1.60. The summed E-state index contributed by atoms with van der Waals surface area (Å²) in [7, 11) is 0. The SMILES string of the molecule is O=C(O[C@H]1CCN(C(=O)O)C1)c1ccccc1. The molecule has 1 saturated heterocycles. The highest BCUT2D eigenvalue weighted by molar-refractivity contribution is 5.89. The number of ether oxygens (including phenoxy) is 1. The molecule has 0 aliphatic carbocycles. The van der Waals surface area contributed by atoms with E-state index in [1.807, 2.05) is 6.07 Å². The van der Waals surface area contributed by atoms with Crippen LogP contribution in [0.25, 0.3) is 0 Å². The van der Waals surface area contributed by atoms with Gasteiger partial charge >= 0.3 is 12.1 Å². The Balaban J connectivity index is 1.91. The van der Waals surface area contributed by atoms with Crippen molar-refractivity contribution in [2.24, 2.45) is 0 Å². The molecule has 1 aliphatic rings. The second-order valence-corrected chi connectivity index (χ2v) is 3.91. The second-order valence-electron chi connectivity index (χ2n) is 3.91. The summed E-state index contributed by atoms with van der Waals surface area (Å²) in [5.41, 5.74) is 0.487. The molecule has 1 amide bonds. The molecule has 5 nitrogen and oxygen atoms in total. The molecule has 1 N–H and O–H groups in total. The molecule has 1 aromatic rings. The molecule has 90 valence electrons. The summed E-state index contributed by atoms with van der Waals surface area (Å²) in [6, 6.07) is 8.68. The first-order valence-corrected chi connectivity index (χ1v) is 5.40. The number of carbonyl (C=O) groups is 2. The van der Waals surface area contributed by atoms with E-state index in [2.05, 4.69) is 0 Å². The van der Waals surface area contributed by atoms with Crippen molar-refractivity contribution in [3.05, 3.63) is 35.9 Å². The molecule has 1 atom stereocenters. The van der Waals surface area contributed by atoms with E-state index in [0.29, 0.717) is 18.5 Å². The van der Waals surface area contributed by atoms with Gasteiger partial charge in [0, 0.05) is 13.0 Å². The fraction of sp³-hybridized carbons (Fsp3) is 0.333. The van der Waals surface area contributed by atoms with E-state index in [0.717, 1.165) is 0 Å². The molecule has 1 fully saturated rings. The van der Waals surface area contributed by atoms with Crippen molar-refractivity contribution >= 4 is 12.1 Å². The Labute approximate surface area is 98.6 Å². The summed E-state index contributed by atoms with van der Waals surface area (Å²) in [6.07, 6.45) is -0.743. The van der Waals surface area contributed by atoms with Gasteiger partial charge in [0.1, 0.15) is 6.10 Å². The number of amides is 1. The van der Waals surface area contributed by atoms with Gasteiger partial charge < -0.3 is 14.7 Å². The quantitative estimate of drug-likeness (QED) is 0.790. The predicted molar refractivity (Wildman–Crippen MR) is 59.9 cm³/mol. The van der Waals surface area contributed by atoms with Crippen LogP contribution in [0, 0.1) is 0 Å². The van der Waals surface area contributed by atoms with Gasteiger partial charge in [-0.25, -0.2) is 9.59 Å². The summed E-state index contributed by atoms with van der Waals surface area (Å²) in [5, 5.41) is 8.77. The Bertz CT molecular complexity index is 418. The third-order valence-corrected chi connectivity index (χ3v) is 2.70. The molecular weight excluding hydrogens is 222 g/mol. The molecule has 0 spiro atoms. The molecule has 0 unspecified atom stereocenters. The lowest BCUT2D eigenvalue weighted by atomic mass is 10.2. The summed E-state index contributed by atoms with van der Waals surface area (Å²) in [5.74, 6) is -0.400. The number of carboxylic acid groups (broad SMARTS) is 1. The maximum Gasteiger partial charge on any atom is 0.407 e. The number of esters is 1. The Morgan fingerprint density at radius 3 is 2.59 bits per heavy atom. The summed E-state index contributed by atoms with van der Waals surface area (Å²) in [4.78, 5) is 23.6. The minimum atomic E-state index is -0.969. The number of carbonyl (C=O) groups excluding carboxylic acids is 1. The van der Waals surface area contributed by atoms with Crippen molar-refractivity contribution in [2.45, 2.75) is 12.5 Å². The van der Waals surface area contributed by atoms with Crippen LogP contribution >= 0.6 is 0 Å². The van der Waals surface area contributed by atoms with Gasteiger partial charge in [0.25, 0.3) is 0 Å². The molecule has 1 heterocycles. The van der Waals surface area contributed by atoms with Crippen LogP contribution in [0.2, 0.25) is 0 Å². The van der Waals surface area contributed by atoms with Crippen LogP contribution in [0.3, 0.4) is 0 Å². The van der Waals surface area contributed by atoms with Gasteiger partial charge in [0.15, 0.2) is 0 Å². The molecule has 0 saturated carbocycles. The zero-order valence-electron chi connectivity index (χ0n) is 9.20. The first-order valence-electron chi connectivity index (χ1n) is 5.40. The first kappa shape index (κ1) is 11.4. The summed E-state index contributed by atoms with van der Waals surface area (Å²) < 4.78 is 5.23. The lowest BCUT2D eigenvalue weighted by Gasteiger charge is -2.13. The van der Waals surface area contributed by atoms with Crippen LogP contribution in [0.5, 0.6) is 0 Å². The van der Waals surface area contributed by atoms with Gasteiger partial charge in [0.2, 0.25) is 0 Å². The fourth-order valence-corrected chi connectivity index (χ4v) is 1.79. The van der Waals surface area contributed by atoms with E-state index in [1.54, 1.807) is 24.3 Å². The van der Waals surface area contributed by atoms with Crippen molar-refractivity contribution in [3.8, 4) is 0 Å². The van der Waals surface area contributed by atoms with Crippen LogP contribution in [-0.2, 0) is 4.74 Å². The normalized spacial score (nSPS) is 19.1. The van der Waals surface area contributed by atoms with E-state index in [-0.39, 0.29) is 12.6 Å².